The molecule has 0 radical (unpaired) electrons. The molecule has 1 rings (SSSR count). The van der Waals surface area contributed by atoms with Crippen LogP contribution < -0.4 is 5.73 Å². The van der Waals surface area contributed by atoms with Gasteiger partial charge in [-0.15, -0.1) is 0 Å². The summed E-state index contributed by atoms with van der Waals surface area (Å²) >= 11 is 0. The van der Waals surface area contributed by atoms with Crippen molar-refractivity contribution < 1.29 is 0 Å². The minimum atomic E-state index is 0.572. The van der Waals surface area contributed by atoms with Crippen molar-refractivity contribution in [2.45, 2.75) is 34.1 Å². The Morgan fingerprint density at radius 2 is 2.00 bits per heavy atom. The van der Waals surface area contributed by atoms with Crippen LogP contribution in [0.5, 0.6) is 0 Å². The third-order valence-electron chi connectivity index (χ3n) is 3.63. The fourth-order valence-electron chi connectivity index (χ4n) is 2.25. The lowest BCUT2D eigenvalue weighted by Crippen LogP contribution is -2.22. The summed E-state index contributed by atoms with van der Waals surface area (Å²) in [5.74, 6) is 2.48. The zero-order chi connectivity index (χ0) is 8.65. The van der Waals surface area contributed by atoms with Gasteiger partial charge in [-0.3, -0.25) is 0 Å². The lowest BCUT2D eigenvalue weighted by molar-refractivity contribution is 0.308. The molecule has 3 atom stereocenters. The Hall–Kier alpha value is -0.0400. The summed E-state index contributed by atoms with van der Waals surface area (Å²) in [5, 5.41) is 0. The molecule has 1 fully saturated rings. The number of hydrogen-bond acceptors (Lipinski definition) is 1. The maximum atomic E-state index is 5.66. The summed E-state index contributed by atoms with van der Waals surface area (Å²) < 4.78 is 0. The molecule has 0 saturated heterocycles. The standard InChI is InChI=1S/C10H21N/c1-7(2)9-5-10(9,4)8(3)6-11/h7-9H,5-6,11H2,1-4H3. The summed E-state index contributed by atoms with van der Waals surface area (Å²) in [7, 11) is 0. The molecule has 0 amide bonds. The molecule has 1 aliphatic rings. The van der Waals surface area contributed by atoms with Crippen LogP contribution in [0.15, 0.2) is 0 Å². The van der Waals surface area contributed by atoms with Crippen LogP contribution in [0.25, 0.3) is 0 Å². The maximum Gasteiger partial charge on any atom is -0.00462 e. The van der Waals surface area contributed by atoms with E-state index in [9.17, 15) is 0 Å². The van der Waals surface area contributed by atoms with Crippen LogP contribution in [-0.4, -0.2) is 6.54 Å². The van der Waals surface area contributed by atoms with E-state index >= 15 is 0 Å². The summed E-state index contributed by atoms with van der Waals surface area (Å²) in [5.41, 5.74) is 6.23. The van der Waals surface area contributed by atoms with Gasteiger partial charge in [0.25, 0.3) is 0 Å². The number of nitrogens with two attached hydrogens (primary N) is 1. The molecule has 0 spiro atoms. The first-order valence-corrected chi connectivity index (χ1v) is 4.72. The second-order valence-corrected chi connectivity index (χ2v) is 4.70. The van der Waals surface area contributed by atoms with Gasteiger partial charge in [-0.25, -0.2) is 0 Å². The van der Waals surface area contributed by atoms with Gasteiger partial charge >= 0.3 is 0 Å². The van der Waals surface area contributed by atoms with Crippen molar-refractivity contribution in [3.8, 4) is 0 Å². The molecule has 1 nitrogen and oxygen atoms in total. The Kier molecular flexibility index (Phi) is 2.29. The molecule has 2 N–H and O–H groups in total. The van der Waals surface area contributed by atoms with Crippen LogP contribution in [0.3, 0.4) is 0 Å². The Bertz CT molecular complexity index is 142. The van der Waals surface area contributed by atoms with Gasteiger partial charge in [-0.2, -0.15) is 0 Å². The third kappa shape index (κ3) is 1.44. The van der Waals surface area contributed by atoms with Crippen molar-refractivity contribution in [1.29, 1.82) is 0 Å². The van der Waals surface area contributed by atoms with E-state index in [1.54, 1.807) is 0 Å². The molecule has 66 valence electrons. The highest BCUT2D eigenvalue weighted by Crippen LogP contribution is 2.60. The zero-order valence-corrected chi connectivity index (χ0v) is 8.22. The van der Waals surface area contributed by atoms with Gasteiger partial charge in [-0.05, 0) is 36.1 Å². The van der Waals surface area contributed by atoms with Gasteiger partial charge in [0.2, 0.25) is 0 Å². The van der Waals surface area contributed by atoms with Crippen LogP contribution in [0.2, 0.25) is 0 Å². The maximum absolute atomic E-state index is 5.66. The quantitative estimate of drug-likeness (QED) is 0.664. The normalized spacial score (nSPS) is 39.3. The molecular weight excluding hydrogens is 134 g/mol. The molecular formula is C10H21N. The highest BCUT2D eigenvalue weighted by Gasteiger charge is 2.53. The fraction of sp³-hybridized carbons (Fsp3) is 1.00. The lowest BCUT2D eigenvalue weighted by Gasteiger charge is -2.19. The Morgan fingerprint density at radius 3 is 2.27 bits per heavy atom. The SMILES string of the molecule is CC(C)C1CC1(C)C(C)CN. The van der Waals surface area contributed by atoms with Crippen LogP contribution in [-0.2, 0) is 0 Å². The van der Waals surface area contributed by atoms with Crippen molar-refractivity contribution in [3.05, 3.63) is 0 Å². The van der Waals surface area contributed by atoms with E-state index in [0.717, 1.165) is 18.4 Å². The third-order valence-corrected chi connectivity index (χ3v) is 3.63. The molecule has 1 aliphatic carbocycles. The van der Waals surface area contributed by atoms with Crippen LogP contribution >= 0.6 is 0 Å². The molecule has 0 heterocycles. The Balaban J connectivity index is 2.48. The first kappa shape index (κ1) is 9.05. The van der Waals surface area contributed by atoms with Crippen molar-refractivity contribution in [2.75, 3.05) is 6.54 Å². The number of hydrogen-bond donors (Lipinski definition) is 1. The van der Waals surface area contributed by atoms with Crippen LogP contribution in [0.1, 0.15) is 34.1 Å². The van der Waals surface area contributed by atoms with Crippen LogP contribution in [0.4, 0.5) is 0 Å². The first-order valence-electron chi connectivity index (χ1n) is 4.72. The minimum Gasteiger partial charge on any atom is -0.330 e. The van der Waals surface area contributed by atoms with Gasteiger partial charge in [0.15, 0.2) is 0 Å². The Morgan fingerprint density at radius 1 is 1.45 bits per heavy atom. The molecule has 0 aromatic carbocycles. The smallest absolute Gasteiger partial charge is 0.00462 e. The van der Waals surface area contributed by atoms with E-state index in [2.05, 4.69) is 27.7 Å². The van der Waals surface area contributed by atoms with E-state index in [1.165, 1.54) is 6.42 Å². The van der Waals surface area contributed by atoms with Gasteiger partial charge in [0.05, 0.1) is 0 Å². The molecule has 3 unspecified atom stereocenters. The first-order chi connectivity index (χ1) is 5.02. The summed E-state index contributed by atoms with van der Waals surface area (Å²) in [4.78, 5) is 0. The fourth-order valence-corrected chi connectivity index (χ4v) is 2.25. The second-order valence-electron chi connectivity index (χ2n) is 4.70. The topological polar surface area (TPSA) is 26.0 Å². The average Bonchev–Trinajstić information content (AvgIpc) is 2.62. The zero-order valence-electron chi connectivity index (χ0n) is 8.22. The molecule has 1 heteroatoms. The second kappa shape index (κ2) is 2.78. The van der Waals surface area contributed by atoms with E-state index in [0.29, 0.717) is 11.3 Å². The average molecular weight is 155 g/mol. The molecule has 0 aromatic heterocycles. The summed E-state index contributed by atoms with van der Waals surface area (Å²) in [6, 6.07) is 0. The van der Waals surface area contributed by atoms with Crippen molar-refractivity contribution in [1.82, 2.24) is 0 Å². The minimum absolute atomic E-state index is 0.572. The Labute approximate surface area is 70.4 Å². The molecule has 0 aromatic rings. The summed E-state index contributed by atoms with van der Waals surface area (Å²) in [6.07, 6.45) is 1.39. The van der Waals surface area contributed by atoms with Crippen molar-refractivity contribution in [3.63, 3.8) is 0 Å². The highest BCUT2D eigenvalue weighted by molar-refractivity contribution is 5.03. The van der Waals surface area contributed by atoms with E-state index in [4.69, 9.17) is 5.73 Å². The van der Waals surface area contributed by atoms with Gasteiger partial charge in [0.1, 0.15) is 0 Å². The predicted molar refractivity (Wildman–Crippen MR) is 49.3 cm³/mol. The van der Waals surface area contributed by atoms with E-state index < -0.39 is 0 Å². The lowest BCUT2D eigenvalue weighted by atomic mass is 9.87. The van der Waals surface area contributed by atoms with Gasteiger partial charge in [0, 0.05) is 0 Å². The predicted octanol–water partition coefficient (Wildman–Crippen LogP) is 2.26. The van der Waals surface area contributed by atoms with Crippen molar-refractivity contribution >= 4 is 0 Å². The highest BCUT2D eigenvalue weighted by atomic mass is 14.6. The van der Waals surface area contributed by atoms with E-state index in [-0.39, 0.29) is 0 Å². The molecule has 11 heavy (non-hydrogen) atoms. The van der Waals surface area contributed by atoms with E-state index in [1.807, 2.05) is 0 Å². The van der Waals surface area contributed by atoms with Gasteiger partial charge < -0.3 is 5.73 Å². The van der Waals surface area contributed by atoms with Crippen LogP contribution in [0, 0.1) is 23.2 Å². The largest absolute Gasteiger partial charge is 0.330 e. The molecule has 0 bridgehead atoms. The number of rotatable bonds is 3. The summed E-state index contributed by atoms with van der Waals surface area (Å²) in [6.45, 7) is 10.1. The monoisotopic (exact) mass is 155 g/mol. The molecule has 0 aliphatic heterocycles. The molecule has 1 saturated carbocycles. The van der Waals surface area contributed by atoms with Gasteiger partial charge in [-0.1, -0.05) is 27.7 Å². The van der Waals surface area contributed by atoms with Crippen molar-refractivity contribution in [2.24, 2.45) is 28.9 Å².